The topological polar surface area (TPSA) is 24.3 Å². The molecule has 160 valence electrons. The van der Waals surface area contributed by atoms with Gasteiger partial charge in [0.25, 0.3) is 0 Å². The minimum atomic E-state index is 0.149. The normalized spacial score (nSPS) is 16.2. The maximum absolute atomic E-state index is 5.06. The van der Waals surface area contributed by atoms with Crippen LogP contribution in [0.1, 0.15) is 23.9 Å². The van der Waals surface area contributed by atoms with E-state index in [1.54, 1.807) is 0 Å². The number of hydrogen-bond acceptors (Lipinski definition) is 3. The van der Waals surface area contributed by atoms with E-state index in [1.165, 1.54) is 45.1 Å². The summed E-state index contributed by atoms with van der Waals surface area (Å²) in [6.45, 7) is 4.50. The van der Waals surface area contributed by atoms with Crippen molar-refractivity contribution in [1.29, 1.82) is 0 Å². The van der Waals surface area contributed by atoms with E-state index in [-0.39, 0.29) is 6.17 Å². The molecule has 0 aliphatic carbocycles. The number of rotatable bonds is 2. The minimum Gasteiger partial charge on any atom is -0.319 e. The Morgan fingerprint density at radius 3 is 2.18 bits per heavy atom. The number of hydrogen-bond donors (Lipinski definition) is 0. The Bertz CT molecular complexity index is 1530. The van der Waals surface area contributed by atoms with Crippen LogP contribution in [-0.4, -0.2) is 15.7 Å². The van der Waals surface area contributed by atoms with Crippen molar-refractivity contribution >= 4 is 33.8 Å². The smallest absolute Gasteiger partial charge is 0.118 e. The molecule has 4 aromatic carbocycles. The minimum absolute atomic E-state index is 0.149. The number of nitrogens with zero attached hydrogens (tertiary/aromatic N) is 4. The first kappa shape index (κ1) is 18.5. The fourth-order valence-electron chi connectivity index (χ4n) is 5.63. The second-order valence-electron chi connectivity index (χ2n) is 8.99. The van der Waals surface area contributed by atoms with Crippen molar-refractivity contribution in [3.05, 3.63) is 108 Å². The third kappa shape index (κ3) is 2.55. The molecule has 0 unspecified atom stereocenters. The van der Waals surface area contributed by atoms with Gasteiger partial charge in [0.05, 0.1) is 28.1 Å². The summed E-state index contributed by atoms with van der Waals surface area (Å²) in [7, 11) is 0. The van der Waals surface area contributed by atoms with E-state index in [0.717, 1.165) is 17.8 Å². The molecule has 2 aliphatic heterocycles. The molecule has 33 heavy (non-hydrogen) atoms. The van der Waals surface area contributed by atoms with Gasteiger partial charge in [-0.3, -0.25) is 4.57 Å². The van der Waals surface area contributed by atoms with Crippen LogP contribution < -0.4 is 9.80 Å². The van der Waals surface area contributed by atoms with Crippen molar-refractivity contribution in [2.75, 3.05) is 9.80 Å². The van der Waals surface area contributed by atoms with Crippen molar-refractivity contribution in [2.45, 2.75) is 26.4 Å². The average Bonchev–Trinajstić information content (AvgIpc) is 3.46. The van der Waals surface area contributed by atoms with Gasteiger partial charge in [0.15, 0.2) is 0 Å². The Labute approximate surface area is 193 Å². The third-order valence-corrected chi connectivity index (χ3v) is 7.06. The lowest BCUT2D eigenvalue weighted by Gasteiger charge is -2.31. The molecule has 4 nitrogen and oxygen atoms in total. The predicted molar refractivity (Wildman–Crippen MR) is 135 cm³/mol. The summed E-state index contributed by atoms with van der Waals surface area (Å²) in [4.78, 5) is 9.93. The molecule has 0 saturated carbocycles. The quantitative estimate of drug-likeness (QED) is 0.301. The van der Waals surface area contributed by atoms with Gasteiger partial charge in [-0.05, 0) is 67.4 Å². The molecule has 0 saturated heterocycles. The average molecular weight is 429 g/mol. The molecule has 1 aromatic heterocycles. The zero-order chi connectivity index (χ0) is 22.1. The zero-order valence-corrected chi connectivity index (χ0v) is 18.7. The number of aryl methyl sites for hydroxylation is 1. The fraction of sp³-hybridized carbons (Fsp3) is 0.138. The highest BCUT2D eigenvalue weighted by atomic mass is 15.4. The molecule has 5 aromatic rings. The van der Waals surface area contributed by atoms with Crippen LogP contribution in [-0.2, 0) is 6.42 Å². The molecule has 0 spiro atoms. The summed E-state index contributed by atoms with van der Waals surface area (Å²) in [5.74, 6) is 1.13. The van der Waals surface area contributed by atoms with E-state index in [4.69, 9.17) is 4.98 Å². The molecular weight excluding hydrogens is 404 g/mol. The molecule has 3 heterocycles. The van der Waals surface area contributed by atoms with Crippen molar-refractivity contribution in [1.82, 2.24) is 9.55 Å². The van der Waals surface area contributed by atoms with Crippen LogP contribution in [0.4, 0.5) is 22.7 Å². The van der Waals surface area contributed by atoms with Gasteiger partial charge in [-0.15, -0.1) is 0 Å². The molecule has 0 fully saturated rings. The molecule has 0 radical (unpaired) electrons. The standard InChI is InChI=1S/C29H24N4/c1-19-16-28-23(30-29-17-21-10-6-7-13-24(21)33(28)29)18-27(19)32-20(2)31(22-11-4-3-5-12-22)25-14-8-9-15-26(25)32/h3-16,18,20H,17H2,1-2H3/t20-/m0/s1. The summed E-state index contributed by atoms with van der Waals surface area (Å²) in [5, 5.41) is 0. The van der Waals surface area contributed by atoms with Gasteiger partial charge < -0.3 is 9.80 Å². The monoisotopic (exact) mass is 428 g/mol. The number of aromatic nitrogens is 2. The largest absolute Gasteiger partial charge is 0.319 e. The zero-order valence-electron chi connectivity index (χ0n) is 18.7. The van der Waals surface area contributed by atoms with Gasteiger partial charge in [-0.2, -0.15) is 0 Å². The highest BCUT2D eigenvalue weighted by Gasteiger charge is 2.35. The van der Waals surface area contributed by atoms with Crippen LogP contribution in [0.2, 0.25) is 0 Å². The van der Waals surface area contributed by atoms with Crippen LogP contribution in [0.25, 0.3) is 16.7 Å². The summed E-state index contributed by atoms with van der Waals surface area (Å²) < 4.78 is 2.33. The number of imidazole rings is 1. The van der Waals surface area contributed by atoms with Crippen LogP contribution in [0.3, 0.4) is 0 Å². The molecule has 4 heteroatoms. The third-order valence-electron chi connectivity index (χ3n) is 7.06. The summed E-state index contributed by atoms with van der Waals surface area (Å²) in [6, 6.07) is 32.6. The first-order chi connectivity index (χ1) is 16.2. The molecule has 1 atom stereocenters. The van der Waals surface area contributed by atoms with Crippen molar-refractivity contribution in [2.24, 2.45) is 0 Å². The van der Waals surface area contributed by atoms with Crippen molar-refractivity contribution in [3.63, 3.8) is 0 Å². The lowest BCUT2D eigenvalue weighted by molar-refractivity contribution is 0.760. The number of fused-ring (bicyclic) bond motifs is 6. The maximum atomic E-state index is 5.06. The molecule has 0 N–H and O–H groups in total. The van der Waals surface area contributed by atoms with Gasteiger partial charge >= 0.3 is 0 Å². The highest BCUT2D eigenvalue weighted by molar-refractivity contribution is 5.92. The SMILES string of the molecule is Cc1cc2c(cc1N1c3ccccc3N(c3ccccc3)[C@@H]1C)nc1n2-c2ccccc2C1. The summed E-state index contributed by atoms with van der Waals surface area (Å²) in [6.07, 6.45) is 1.04. The van der Waals surface area contributed by atoms with Crippen molar-refractivity contribution in [3.8, 4) is 5.69 Å². The van der Waals surface area contributed by atoms with Gasteiger partial charge in [-0.1, -0.05) is 48.5 Å². The Morgan fingerprint density at radius 1 is 0.727 bits per heavy atom. The van der Waals surface area contributed by atoms with Crippen LogP contribution in [0.15, 0.2) is 91.0 Å². The second kappa shape index (κ2) is 6.72. The van der Waals surface area contributed by atoms with E-state index >= 15 is 0 Å². The fourth-order valence-corrected chi connectivity index (χ4v) is 5.63. The Balaban J connectivity index is 1.40. The predicted octanol–water partition coefficient (Wildman–Crippen LogP) is 6.87. The van der Waals surface area contributed by atoms with E-state index in [2.05, 4.69) is 119 Å². The Morgan fingerprint density at radius 2 is 1.39 bits per heavy atom. The second-order valence-corrected chi connectivity index (χ2v) is 8.99. The summed E-state index contributed by atoms with van der Waals surface area (Å²) >= 11 is 0. The Kier molecular flexibility index (Phi) is 3.77. The molecule has 0 bridgehead atoms. The number of anilines is 4. The molecule has 2 aliphatic rings. The highest BCUT2D eigenvalue weighted by Crippen LogP contribution is 2.48. The maximum Gasteiger partial charge on any atom is 0.118 e. The van der Waals surface area contributed by atoms with Gasteiger partial charge in [0, 0.05) is 17.8 Å². The van der Waals surface area contributed by atoms with Gasteiger partial charge in [0.1, 0.15) is 12.0 Å². The molecule has 7 rings (SSSR count). The number of benzene rings is 4. The summed E-state index contributed by atoms with van der Waals surface area (Å²) in [5.41, 5.74) is 11.0. The van der Waals surface area contributed by atoms with E-state index < -0.39 is 0 Å². The Hall–Kier alpha value is -4.05. The van der Waals surface area contributed by atoms with Crippen molar-refractivity contribution < 1.29 is 0 Å². The lowest BCUT2D eigenvalue weighted by Crippen LogP contribution is -2.35. The van der Waals surface area contributed by atoms with Crippen LogP contribution >= 0.6 is 0 Å². The van der Waals surface area contributed by atoms with E-state index in [9.17, 15) is 0 Å². The lowest BCUT2D eigenvalue weighted by atomic mass is 10.1. The molecule has 0 amide bonds. The van der Waals surface area contributed by atoms with Gasteiger partial charge in [-0.25, -0.2) is 4.98 Å². The van der Waals surface area contributed by atoms with E-state index in [0.29, 0.717) is 0 Å². The van der Waals surface area contributed by atoms with Crippen LogP contribution in [0.5, 0.6) is 0 Å². The van der Waals surface area contributed by atoms with E-state index in [1.807, 2.05) is 0 Å². The van der Waals surface area contributed by atoms with Crippen LogP contribution in [0, 0.1) is 6.92 Å². The first-order valence-corrected chi connectivity index (χ1v) is 11.5. The molecular formula is C29H24N4. The van der Waals surface area contributed by atoms with Gasteiger partial charge in [0.2, 0.25) is 0 Å². The number of para-hydroxylation sites is 4. The first-order valence-electron chi connectivity index (χ1n) is 11.5.